The van der Waals surface area contributed by atoms with Gasteiger partial charge in [0.25, 0.3) is 0 Å². The van der Waals surface area contributed by atoms with Gasteiger partial charge in [-0.05, 0) is 24.2 Å². The highest BCUT2D eigenvalue weighted by atomic mass is 16.7. The van der Waals surface area contributed by atoms with E-state index in [1.165, 1.54) is 0 Å². The smallest absolute Gasteiger partial charge is 0.146 e. The van der Waals surface area contributed by atoms with Gasteiger partial charge in [0.1, 0.15) is 32.6 Å². The molecule has 3 aliphatic carbocycles. The van der Waals surface area contributed by atoms with Crippen molar-refractivity contribution in [1.29, 1.82) is 0 Å². The summed E-state index contributed by atoms with van der Waals surface area (Å²) < 4.78 is 32.9. The Hall–Kier alpha value is -0.540. The van der Waals surface area contributed by atoms with E-state index in [0.717, 1.165) is 6.42 Å². The predicted molar refractivity (Wildman–Crippen MR) is 84.0 cm³/mol. The normalized spacial score (nSPS) is 43.3. The second-order valence-electron chi connectivity index (χ2n) is 6.71. The van der Waals surface area contributed by atoms with Gasteiger partial charge in [-0.15, -0.1) is 0 Å². The van der Waals surface area contributed by atoms with Crippen LogP contribution in [0.2, 0.25) is 0 Å². The second-order valence-corrected chi connectivity index (χ2v) is 6.71. The van der Waals surface area contributed by atoms with Crippen molar-refractivity contribution in [2.45, 2.75) is 30.8 Å². The van der Waals surface area contributed by atoms with Crippen LogP contribution in [0.1, 0.15) is 6.42 Å². The number of aliphatic hydroxyl groups is 1. The zero-order valence-corrected chi connectivity index (χ0v) is 14.5. The molecule has 1 N–H and O–H groups in total. The number of ether oxygens (including phenoxy) is 6. The number of aliphatic hydroxyl groups excluding tert-OH is 1. The quantitative estimate of drug-likeness (QED) is 0.489. The Bertz CT molecular complexity index is 429. The highest BCUT2D eigenvalue weighted by Gasteiger charge is 2.60. The highest BCUT2D eigenvalue weighted by molar-refractivity contribution is 5.20. The fourth-order valence-electron chi connectivity index (χ4n) is 4.69. The molecule has 0 unspecified atom stereocenters. The van der Waals surface area contributed by atoms with E-state index in [1.54, 1.807) is 21.3 Å². The van der Waals surface area contributed by atoms with Crippen LogP contribution < -0.4 is 0 Å². The van der Waals surface area contributed by atoms with Crippen LogP contribution in [0.4, 0.5) is 0 Å². The first-order valence-corrected chi connectivity index (χ1v) is 8.41. The topological polar surface area (TPSA) is 75.6 Å². The lowest BCUT2D eigenvalue weighted by Gasteiger charge is -2.49. The monoisotopic (exact) mass is 344 g/mol. The summed E-state index contributed by atoms with van der Waals surface area (Å²) in [6.07, 6.45) is 3.67. The number of methoxy groups -OCH3 is 3. The number of hydrogen-bond donors (Lipinski definition) is 1. The largest absolute Gasteiger partial charge is 0.390 e. The fourth-order valence-corrected chi connectivity index (χ4v) is 4.69. The molecule has 0 saturated heterocycles. The Balaban J connectivity index is 1.85. The van der Waals surface area contributed by atoms with E-state index < -0.39 is 18.3 Å². The number of hydrogen-bond acceptors (Lipinski definition) is 7. The SMILES string of the molecule is COCO[C@@H]1[C@H](OCOC)[C@@H](O)[C@@H]2[C@H]([C@@H]1OCOC)[C@@H]1C=C[C@H]2C1. The van der Waals surface area contributed by atoms with Gasteiger partial charge in [0, 0.05) is 27.2 Å². The summed E-state index contributed by atoms with van der Waals surface area (Å²) in [5.74, 6) is 1.05. The van der Waals surface area contributed by atoms with Gasteiger partial charge in [0.15, 0.2) is 0 Å². The second kappa shape index (κ2) is 8.23. The van der Waals surface area contributed by atoms with Crippen molar-refractivity contribution in [1.82, 2.24) is 0 Å². The van der Waals surface area contributed by atoms with Crippen LogP contribution in [0, 0.1) is 23.7 Å². The molecular formula is C17H28O7. The standard InChI is InChI=1S/C17H28O7/c1-19-7-22-15-13-11-5-4-10(6-11)12(13)14(18)16(23-8-20-2)17(15)24-9-21-3/h4-5,10-18H,6-9H2,1-3H3/t10-,11+,12-,13+,14-,15-,16+,17-/m0/s1. The van der Waals surface area contributed by atoms with Crippen LogP contribution in [0.25, 0.3) is 0 Å². The van der Waals surface area contributed by atoms with E-state index >= 15 is 0 Å². The van der Waals surface area contributed by atoms with Crippen molar-refractivity contribution in [2.75, 3.05) is 41.7 Å². The number of allylic oxidation sites excluding steroid dienone is 2. The van der Waals surface area contributed by atoms with Crippen molar-refractivity contribution >= 4 is 0 Å². The van der Waals surface area contributed by atoms with Gasteiger partial charge in [-0.2, -0.15) is 0 Å². The molecule has 2 saturated carbocycles. The Labute approximate surface area is 142 Å². The summed E-state index contributed by atoms with van der Waals surface area (Å²) in [6, 6.07) is 0. The van der Waals surface area contributed by atoms with Crippen LogP contribution in [0.3, 0.4) is 0 Å². The van der Waals surface area contributed by atoms with Gasteiger partial charge in [0.05, 0.1) is 12.2 Å². The first kappa shape index (κ1) is 18.3. The minimum absolute atomic E-state index is 0.0902. The number of fused-ring (bicyclic) bond motifs is 5. The lowest BCUT2D eigenvalue weighted by Crippen LogP contribution is -2.62. The Morgan fingerprint density at radius 3 is 1.83 bits per heavy atom. The molecule has 8 atom stereocenters. The minimum Gasteiger partial charge on any atom is -0.390 e. The molecule has 2 bridgehead atoms. The molecule has 7 heteroatoms. The zero-order valence-electron chi connectivity index (χ0n) is 14.5. The molecule has 7 nitrogen and oxygen atoms in total. The molecule has 2 fully saturated rings. The van der Waals surface area contributed by atoms with Crippen molar-refractivity contribution in [3.05, 3.63) is 12.2 Å². The predicted octanol–water partition coefficient (Wildman–Crippen LogP) is 0.766. The summed E-state index contributed by atoms with van der Waals surface area (Å²) >= 11 is 0. The zero-order chi connectivity index (χ0) is 17.1. The first-order chi connectivity index (χ1) is 11.7. The lowest BCUT2D eigenvalue weighted by atomic mass is 9.67. The molecule has 0 aromatic carbocycles. The molecule has 0 amide bonds. The minimum atomic E-state index is -0.630. The molecule has 138 valence electrons. The highest BCUT2D eigenvalue weighted by Crippen LogP contribution is 2.55. The average Bonchev–Trinajstić information content (AvgIpc) is 3.20. The summed E-state index contributed by atoms with van der Waals surface area (Å²) in [5, 5.41) is 11.0. The molecule has 0 radical (unpaired) electrons. The number of rotatable bonds is 9. The van der Waals surface area contributed by atoms with Crippen LogP contribution in [0.15, 0.2) is 12.2 Å². The molecule has 3 rings (SSSR count). The Morgan fingerprint density at radius 2 is 1.25 bits per heavy atom. The van der Waals surface area contributed by atoms with Gasteiger partial charge >= 0.3 is 0 Å². The van der Waals surface area contributed by atoms with Crippen LogP contribution in [-0.4, -0.2) is 71.2 Å². The van der Waals surface area contributed by atoms with Crippen LogP contribution >= 0.6 is 0 Å². The summed E-state index contributed by atoms with van der Waals surface area (Å²) in [7, 11) is 4.72. The van der Waals surface area contributed by atoms with Gasteiger partial charge in [-0.25, -0.2) is 0 Å². The maximum absolute atomic E-state index is 11.0. The van der Waals surface area contributed by atoms with Gasteiger partial charge in [-0.1, -0.05) is 12.2 Å². The van der Waals surface area contributed by atoms with E-state index in [0.29, 0.717) is 11.8 Å². The van der Waals surface area contributed by atoms with E-state index in [9.17, 15) is 5.11 Å². The maximum atomic E-state index is 11.0. The van der Waals surface area contributed by atoms with E-state index in [2.05, 4.69) is 12.2 Å². The van der Waals surface area contributed by atoms with Gasteiger partial charge in [-0.3, -0.25) is 0 Å². The molecular weight excluding hydrogens is 316 g/mol. The van der Waals surface area contributed by atoms with Crippen molar-refractivity contribution < 1.29 is 33.5 Å². The summed E-state index contributed by atoms with van der Waals surface area (Å²) in [5.41, 5.74) is 0. The van der Waals surface area contributed by atoms with Crippen LogP contribution in [0.5, 0.6) is 0 Å². The molecule has 0 aromatic heterocycles. The van der Waals surface area contributed by atoms with E-state index in [-0.39, 0.29) is 38.3 Å². The molecule has 0 spiro atoms. The molecule has 24 heavy (non-hydrogen) atoms. The van der Waals surface area contributed by atoms with Crippen molar-refractivity contribution in [3.8, 4) is 0 Å². The van der Waals surface area contributed by atoms with E-state index in [1.807, 2.05) is 0 Å². The summed E-state index contributed by atoms with van der Waals surface area (Å²) in [6.45, 7) is 0.375. The molecule has 0 heterocycles. The van der Waals surface area contributed by atoms with Gasteiger partial charge in [0.2, 0.25) is 0 Å². The average molecular weight is 344 g/mol. The third-order valence-electron chi connectivity index (χ3n) is 5.48. The fraction of sp³-hybridized carbons (Fsp3) is 0.882. The maximum Gasteiger partial charge on any atom is 0.146 e. The first-order valence-electron chi connectivity index (χ1n) is 8.41. The van der Waals surface area contributed by atoms with Gasteiger partial charge < -0.3 is 33.5 Å². The van der Waals surface area contributed by atoms with Crippen LogP contribution in [-0.2, 0) is 28.4 Å². The third-order valence-corrected chi connectivity index (χ3v) is 5.48. The van der Waals surface area contributed by atoms with E-state index in [4.69, 9.17) is 28.4 Å². The molecule has 0 aromatic rings. The third kappa shape index (κ3) is 3.26. The Morgan fingerprint density at radius 1 is 0.750 bits per heavy atom. The molecule has 0 aliphatic heterocycles. The van der Waals surface area contributed by atoms with Crippen molar-refractivity contribution in [3.63, 3.8) is 0 Å². The summed E-state index contributed by atoms with van der Waals surface area (Å²) in [4.78, 5) is 0. The Kier molecular flexibility index (Phi) is 6.26. The molecule has 3 aliphatic rings. The van der Waals surface area contributed by atoms with Crippen molar-refractivity contribution in [2.24, 2.45) is 23.7 Å². The lowest BCUT2D eigenvalue weighted by molar-refractivity contribution is -0.270.